The summed E-state index contributed by atoms with van der Waals surface area (Å²) in [5.41, 5.74) is 1.28. The second kappa shape index (κ2) is 5.88. The van der Waals surface area contributed by atoms with Crippen molar-refractivity contribution in [3.8, 4) is 0 Å². The Morgan fingerprint density at radius 1 is 1.19 bits per heavy atom. The minimum absolute atomic E-state index is 0.117. The highest BCUT2D eigenvalue weighted by atomic mass is 35.5. The highest BCUT2D eigenvalue weighted by Gasteiger charge is 2.22. The standard InChI is InChI=1S/C17H15ClFNO/c1-2-20-17(12-7-5-8-13(18)16(12)19)15-10-11-6-3-4-9-14(11)21-15/h3-10,17,20H,2H2,1H3. The van der Waals surface area contributed by atoms with Crippen LogP contribution in [0.4, 0.5) is 4.39 Å². The van der Waals surface area contributed by atoms with Crippen molar-refractivity contribution >= 4 is 22.6 Å². The van der Waals surface area contributed by atoms with Crippen molar-refractivity contribution in [3.63, 3.8) is 0 Å². The monoisotopic (exact) mass is 303 g/mol. The molecule has 2 nitrogen and oxygen atoms in total. The van der Waals surface area contributed by atoms with Gasteiger partial charge in [0.15, 0.2) is 0 Å². The van der Waals surface area contributed by atoms with Gasteiger partial charge in [-0.15, -0.1) is 0 Å². The van der Waals surface area contributed by atoms with E-state index in [9.17, 15) is 4.39 Å². The molecule has 1 atom stereocenters. The Balaban J connectivity index is 2.10. The molecule has 0 bridgehead atoms. The average Bonchev–Trinajstić information content (AvgIpc) is 2.91. The number of hydrogen-bond acceptors (Lipinski definition) is 2. The zero-order valence-corrected chi connectivity index (χ0v) is 12.3. The first kappa shape index (κ1) is 14.1. The summed E-state index contributed by atoms with van der Waals surface area (Å²) in [6.45, 7) is 2.66. The molecular formula is C17H15ClFNO. The van der Waals surface area contributed by atoms with Crippen LogP contribution in [0.15, 0.2) is 52.9 Å². The number of fused-ring (bicyclic) bond motifs is 1. The van der Waals surface area contributed by atoms with E-state index in [4.69, 9.17) is 16.0 Å². The molecular weight excluding hydrogens is 289 g/mol. The van der Waals surface area contributed by atoms with E-state index in [0.29, 0.717) is 17.9 Å². The first-order valence-corrected chi connectivity index (χ1v) is 7.24. The average molecular weight is 304 g/mol. The van der Waals surface area contributed by atoms with Gasteiger partial charge in [-0.1, -0.05) is 48.9 Å². The number of para-hydroxylation sites is 1. The van der Waals surface area contributed by atoms with Crippen LogP contribution in [0, 0.1) is 5.82 Å². The Morgan fingerprint density at radius 3 is 2.76 bits per heavy atom. The fourth-order valence-electron chi connectivity index (χ4n) is 2.46. The fraction of sp³-hybridized carbons (Fsp3) is 0.176. The Hall–Kier alpha value is -1.84. The van der Waals surface area contributed by atoms with Crippen LogP contribution >= 0.6 is 11.6 Å². The van der Waals surface area contributed by atoms with E-state index in [1.807, 2.05) is 37.3 Å². The van der Waals surface area contributed by atoms with Gasteiger partial charge in [0, 0.05) is 10.9 Å². The van der Waals surface area contributed by atoms with Crippen molar-refractivity contribution in [3.05, 3.63) is 70.7 Å². The van der Waals surface area contributed by atoms with Gasteiger partial charge < -0.3 is 9.73 Å². The van der Waals surface area contributed by atoms with Crippen LogP contribution in [0.5, 0.6) is 0 Å². The predicted octanol–water partition coefficient (Wildman–Crippen LogP) is 4.92. The molecule has 0 aliphatic rings. The lowest BCUT2D eigenvalue weighted by atomic mass is 10.0. The van der Waals surface area contributed by atoms with E-state index in [-0.39, 0.29) is 11.1 Å². The van der Waals surface area contributed by atoms with Gasteiger partial charge >= 0.3 is 0 Å². The van der Waals surface area contributed by atoms with E-state index >= 15 is 0 Å². The summed E-state index contributed by atoms with van der Waals surface area (Å²) in [6.07, 6.45) is 0. The lowest BCUT2D eigenvalue weighted by Crippen LogP contribution is -2.22. The lowest BCUT2D eigenvalue weighted by molar-refractivity contribution is 0.463. The van der Waals surface area contributed by atoms with Gasteiger partial charge in [0.1, 0.15) is 17.2 Å². The van der Waals surface area contributed by atoms with Gasteiger partial charge in [0.2, 0.25) is 0 Å². The summed E-state index contributed by atoms with van der Waals surface area (Å²) < 4.78 is 20.2. The summed E-state index contributed by atoms with van der Waals surface area (Å²) in [7, 11) is 0. The molecule has 21 heavy (non-hydrogen) atoms. The van der Waals surface area contributed by atoms with Gasteiger partial charge in [-0.2, -0.15) is 0 Å². The molecule has 1 N–H and O–H groups in total. The smallest absolute Gasteiger partial charge is 0.147 e. The molecule has 0 amide bonds. The quantitative estimate of drug-likeness (QED) is 0.739. The molecule has 0 saturated heterocycles. The summed E-state index contributed by atoms with van der Waals surface area (Å²) in [4.78, 5) is 0. The Bertz CT molecular complexity index is 735. The van der Waals surface area contributed by atoms with Crippen molar-refractivity contribution in [2.24, 2.45) is 0 Å². The van der Waals surface area contributed by atoms with Crippen molar-refractivity contribution in [1.82, 2.24) is 5.32 Å². The summed E-state index contributed by atoms with van der Waals surface area (Å²) in [5.74, 6) is 0.268. The Labute approximate surface area is 127 Å². The van der Waals surface area contributed by atoms with Crippen molar-refractivity contribution < 1.29 is 8.81 Å². The van der Waals surface area contributed by atoms with Crippen molar-refractivity contribution in [2.45, 2.75) is 13.0 Å². The van der Waals surface area contributed by atoms with Crippen LogP contribution in [-0.4, -0.2) is 6.54 Å². The second-order valence-corrected chi connectivity index (χ2v) is 5.23. The molecule has 3 rings (SSSR count). The third-order valence-corrected chi connectivity index (χ3v) is 3.72. The van der Waals surface area contributed by atoms with Crippen LogP contribution in [0.2, 0.25) is 5.02 Å². The van der Waals surface area contributed by atoms with E-state index in [1.54, 1.807) is 18.2 Å². The fourth-order valence-corrected chi connectivity index (χ4v) is 2.64. The van der Waals surface area contributed by atoms with Crippen molar-refractivity contribution in [1.29, 1.82) is 0 Å². The molecule has 0 saturated carbocycles. The van der Waals surface area contributed by atoms with E-state index < -0.39 is 5.82 Å². The van der Waals surface area contributed by atoms with Gasteiger partial charge in [-0.05, 0) is 24.7 Å². The lowest BCUT2D eigenvalue weighted by Gasteiger charge is -2.17. The third-order valence-electron chi connectivity index (χ3n) is 3.43. The molecule has 0 radical (unpaired) electrons. The zero-order chi connectivity index (χ0) is 14.8. The molecule has 3 aromatic rings. The van der Waals surface area contributed by atoms with Crippen molar-refractivity contribution in [2.75, 3.05) is 6.54 Å². The van der Waals surface area contributed by atoms with Gasteiger partial charge in [0.05, 0.1) is 11.1 Å². The van der Waals surface area contributed by atoms with Gasteiger partial charge in [-0.3, -0.25) is 0 Å². The number of nitrogens with one attached hydrogen (secondary N) is 1. The Kier molecular flexibility index (Phi) is 3.95. The first-order chi connectivity index (χ1) is 10.2. The molecule has 2 aromatic carbocycles. The first-order valence-electron chi connectivity index (χ1n) is 6.86. The topological polar surface area (TPSA) is 25.2 Å². The molecule has 0 fully saturated rings. The van der Waals surface area contributed by atoms with Crippen LogP contribution in [0.1, 0.15) is 24.3 Å². The van der Waals surface area contributed by atoms with Gasteiger partial charge in [0.25, 0.3) is 0 Å². The minimum Gasteiger partial charge on any atom is -0.459 e. The molecule has 0 aliphatic heterocycles. The highest BCUT2D eigenvalue weighted by Crippen LogP contribution is 2.31. The predicted molar refractivity (Wildman–Crippen MR) is 83.1 cm³/mol. The van der Waals surface area contributed by atoms with E-state index in [0.717, 1.165) is 11.0 Å². The maximum atomic E-state index is 14.3. The van der Waals surface area contributed by atoms with E-state index in [1.165, 1.54) is 0 Å². The summed E-state index contributed by atoms with van der Waals surface area (Å²) >= 11 is 5.89. The maximum absolute atomic E-state index is 14.3. The molecule has 1 unspecified atom stereocenters. The molecule has 0 aliphatic carbocycles. The van der Waals surface area contributed by atoms with Gasteiger partial charge in [-0.25, -0.2) is 4.39 Å². The number of furan rings is 1. The molecule has 108 valence electrons. The number of hydrogen-bond donors (Lipinski definition) is 1. The molecule has 4 heteroatoms. The molecule has 1 heterocycles. The van der Waals surface area contributed by atoms with E-state index in [2.05, 4.69) is 5.32 Å². The van der Waals surface area contributed by atoms with Crippen LogP contribution in [-0.2, 0) is 0 Å². The Morgan fingerprint density at radius 2 is 2.00 bits per heavy atom. The third kappa shape index (κ3) is 2.67. The summed E-state index contributed by atoms with van der Waals surface area (Å²) in [6, 6.07) is 14.3. The highest BCUT2D eigenvalue weighted by molar-refractivity contribution is 6.30. The summed E-state index contributed by atoms with van der Waals surface area (Å²) in [5, 5.41) is 4.37. The SMILES string of the molecule is CCNC(c1cc2ccccc2o1)c1cccc(Cl)c1F. The number of benzene rings is 2. The minimum atomic E-state index is -0.412. The molecule has 0 spiro atoms. The number of rotatable bonds is 4. The maximum Gasteiger partial charge on any atom is 0.147 e. The zero-order valence-electron chi connectivity index (χ0n) is 11.6. The van der Waals surface area contributed by atoms with Crippen LogP contribution in [0.25, 0.3) is 11.0 Å². The largest absolute Gasteiger partial charge is 0.459 e. The second-order valence-electron chi connectivity index (χ2n) is 4.82. The number of halogens is 2. The van der Waals surface area contributed by atoms with Crippen LogP contribution < -0.4 is 5.32 Å². The van der Waals surface area contributed by atoms with Crippen LogP contribution in [0.3, 0.4) is 0 Å². The molecule has 1 aromatic heterocycles. The normalized spacial score (nSPS) is 12.7.